The second-order valence-electron chi connectivity index (χ2n) is 8.08. The van der Waals surface area contributed by atoms with E-state index in [4.69, 9.17) is 25.8 Å². The van der Waals surface area contributed by atoms with E-state index in [9.17, 15) is 9.59 Å². The quantitative estimate of drug-likeness (QED) is 0.329. The van der Waals surface area contributed by atoms with E-state index in [0.29, 0.717) is 28.7 Å². The van der Waals surface area contributed by atoms with Crippen LogP contribution < -0.4 is 14.8 Å². The lowest BCUT2D eigenvalue weighted by molar-refractivity contribution is -0.142. The summed E-state index contributed by atoms with van der Waals surface area (Å²) in [6.45, 7) is 10.2. The third-order valence-electron chi connectivity index (χ3n) is 4.93. The van der Waals surface area contributed by atoms with Crippen molar-refractivity contribution < 1.29 is 23.8 Å². The molecule has 2 rings (SSSR count). The van der Waals surface area contributed by atoms with Crippen molar-refractivity contribution >= 4 is 35.2 Å². The number of rotatable bonds is 10. The Morgan fingerprint density at radius 3 is 2.27 bits per heavy atom. The number of methoxy groups -OCH3 is 1. The molecule has 0 bridgehead atoms. The molecule has 0 fully saturated rings. The number of carbonyl (C=O) groups excluding carboxylic acids is 2. The molecule has 0 atom stereocenters. The number of esters is 1. The summed E-state index contributed by atoms with van der Waals surface area (Å²) in [7, 11) is 1.51. The predicted molar refractivity (Wildman–Crippen MR) is 132 cm³/mol. The number of amides is 1. The number of ether oxygens (including phenoxy) is 3. The average Bonchev–Trinajstić information content (AvgIpc) is 2.76. The summed E-state index contributed by atoms with van der Waals surface area (Å²) in [5.41, 5.74) is 3.51. The second kappa shape index (κ2) is 12.3. The van der Waals surface area contributed by atoms with Crippen LogP contribution in [0.15, 0.2) is 36.4 Å². The van der Waals surface area contributed by atoms with E-state index in [1.54, 1.807) is 18.2 Å². The van der Waals surface area contributed by atoms with Crippen molar-refractivity contribution in [3.63, 3.8) is 0 Å². The molecule has 0 radical (unpaired) electrons. The van der Waals surface area contributed by atoms with Crippen LogP contribution >= 0.6 is 11.6 Å². The molecule has 0 spiro atoms. The summed E-state index contributed by atoms with van der Waals surface area (Å²) in [5.74, 6) is 0.348. The highest BCUT2D eigenvalue weighted by Gasteiger charge is 2.17. The van der Waals surface area contributed by atoms with Gasteiger partial charge >= 0.3 is 5.97 Å². The van der Waals surface area contributed by atoms with Crippen LogP contribution in [0, 0.1) is 0 Å². The van der Waals surface area contributed by atoms with E-state index in [1.807, 2.05) is 25.1 Å². The zero-order valence-corrected chi connectivity index (χ0v) is 20.8. The van der Waals surface area contributed by atoms with Gasteiger partial charge in [-0.05, 0) is 53.7 Å². The van der Waals surface area contributed by atoms with Gasteiger partial charge in [0.25, 0.3) is 5.91 Å². The highest BCUT2D eigenvalue weighted by Crippen LogP contribution is 2.36. The van der Waals surface area contributed by atoms with Gasteiger partial charge in [-0.25, -0.2) is 4.79 Å². The zero-order chi connectivity index (χ0) is 24.5. The van der Waals surface area contributed by atoms with Gasteiger partial charge in [-0.3, -0.25) is 4.79 Å². The Balaban J connectivity index is 2.05. The molecule has 0 unspecified atom stereocenters. The largest absolute Gasteiger partial charge is 0.491 e. The number of carbonyl (C=O) groups is 2. The fourth-order valence-electron chi connectivity index (χ4n) is 3.37. The van der Waals surface area contributed by atoms with Crippen molar-refractivity contribution in [2.75, 3.05) is 25.6 Å². The normalized spacial score (nSPS) is 11.2. The summed E-state index contributed by atoms with van der Waals surface area (Å²) < 4.78 is 15.9. The number of hydrogen-bond acceptors (Lipinski definition) is 5. The molecule has 1 amide bonds. The van der Waals surface area contributed by atoms with Crippen molar-refractivity contribution in [1.82, 2.24) is 0 Å². The number of halogens is 1. The van der Waals surface area contributed by atoms with E-state index >= 15 is 0 Å². The van der Waals surface area contributed by atoms with Crippen molar-refractivity contribution in [2.45, 2.75) is 46.5 Å². The minimum absolute atomic E-state index is 0.238. The summed E-state index contributed by atoms with van der Waals surface area (Å²) in [6, 6.07) is 9.35. The molecule has 33 heavy (non-hydrogen) atoms. The standard InChI is InChI=1S/C26H32ClNO5/c1-7-32-22-14-18(13-21(27)26(22)31-6)11-12-24(30)33-15-23(29)28-25-19(16(2)3)9-8-10-20(25)17(4)5/h8-14,16-17H,7,15H2,1-6H3,(H,28,29)/b12-11+. The van der Waals surface area contributed by atoms with Crippen molar-refractivity contribution in [1.29, 1.82) is 0 Å². The zero-order valence-electron chi connectivity index (χ0n) is 20.0. The topological polar surface area (TPSA) is 73.9 Å². The Morgan fingerprint density at radius 2 is 1.73 bits per heavy atom. The molecule has 2 aromatic rings. The van der Waals surface area contributed by atoms with Crippen LogP contribution in [-0.2, 0) is 14.3 Å². The van der Waals surface area contributed by atoms with Crippen molar-refractivity contribution in [3.05, 3.63) is 58.1 Å². The van der Waals surface area contributed by atoms with Crippen molar-refractivity contribution in [2.24, 2.45) is 0 Å². The number of hydrogen-bond donors (Lipinski definition) is 1. The Labute approximate surface area is 200 Å². The van der Waals surface area contributed by atoms with Crippen LogP contribution in [0.5, 0.6) is 11.5 Å². The molecule has 0 aromatic heterocycles. The second-order valence-corrected chi connectivity index (χ2v) is 8.48. The SMILES string of the molecule is CCOc1cc(/C=C/C(=O)OCC(=O)Nc2c(C(C)C)cccc2C(C)C)cc(Cl)c1OC. The van der Waals surface area contributed by atoms with Crippen LogP contribution in [0.4, 0.5) is 5.69 Å². The van der Waals surface area contributed by atoms with Crippen LogP contribution in [-0.4, -0.2) is 32.2 Å². The van der Waals surface area contributed by atoms with Gasteiger partial charge in [-0.2, -0.15) is 0 Å². The van der Waals surface area contributed by atoms with Crippen LogP contribution in [0.25, 0.3) is 6.08 Å². The minimum Gasteiger partial charge on any atom is -0.491 e. The number of anilines is 1. The summed E-state index contributed by atoms with van der Waals surface area (Å²) in [4.78, 5) is 24.7. The lowest BCUT2D eigenvalue weighted by Gasteiger charge is -2.20. The number of nitrogens with one attached hydrogen (secondary N) is 1. The first kappa shape index (κ1) is 26.3. The monoisotopic (exact) mass is 473 g/mol. The maximum atomic E-state index is 12.5. The molecule has 6 nitrogen and oxygen atoms in total. The molecule has 178 valence electrons. The summed E-state index contributed by atoms with van der Waals surface area (Å²) in [6.07, 6.45) is 2.78. The molecule has 1 N–H and O–H groups in total. The van der Waals surface area contributed by atoms with Gasteiger partial charge in [0, 0.05) is 11.8 Å². The summed E-state index contributed by atoms with van der Waals surface area (Å²) in [5, 5.41) is 3.29. The van der Waals surface area contributed by atoms with Gasteiger partial charge < -0.3 is 19.5 Å². The molecule has 0 saturated carbocycles. The fourth-order valence-corrected chi connectivity index (χ4v) is 3.66. The van der Waals surface area contributed by atoms with Crippen LogP contribution in [0.1, 0.15) is 63.1 Å². The molecule has 7 heteroatoms. The Morgan fingerprint density at radius 1 is 1.09 bits per heavy atom. The predicted octanol–water partition coefficient (Wildman–Crippen LogP) is 6.19. The molecule has 2 aromatic carbocycles. The van der Waals surface area contributed by atoms with Gasteiger partial charge in [0.05, 0.1) is 18.7 Å². The number of benzene rings is 2. The Bertz CT molecular complexity index is 988. The third-order valence-corrected chi connectivity index (χ3v) is 5.21. The van der Waals surface area contributed by atoms with E-state index in [-0.39, 0.29) is 18.4 Å². The molecular formula is C26H32ClNO5. The van der Waals surface area contributed by atoms with E-state index < -0.39 is 11.9 Å². The fraction of sp³-hybridized carbons (Fsp3) is 0.385. The van der Waals surface area contributed by atoms with Gasteiger partial charge in [0.15, 0.2) is 18.1 Å². The minimum atomic E-state index is -0.642. The lowest BCUT2D eigenvalue weighted by atomic mass is 9.92. The van der Waals surface area contributed by atoms with E-state index in [1.165, 1.54) is 13.2 Å². The first-order valence-corrected chi connectivity index (χ1v) is 11.3. The van der Waals surface area contributed by atoms with Gasteiger partial charge in [0.2, 0.25) is 0 Å². The maximum absolute atomic E-state index is 12.5. The van der Waals surface area contributed by atoms with E-state index in [2.05, 4.69) is 33.0 Å². The molecular weight excluding hydrogens is 442 g/mol. The third kappa shape index (κ3) is 7.26. The van der Waals surface area contributed by atoms with Crippen LogP contribution in [0.3, 0.4) is 0 Å². The molecule has 0 aliphatic heterocycles. The van der Waals surface area contributed by atoms with Gasteiger partial charge in [-0.15, -0.1) is 0 Å². The van der Waals surface area contributed by atoms with Crippen LogP contribution in [0.2, 0.25) is 5.02 Å². The number of para-hydroxylation sites is 1. The Kier molecular flexibility index (Phi) is 9.79. The first-order valence-electron chi connectivity index (χ1n) is 11.0. The molecule has 0 saturated heterocycles. The first-order chi connectivity index (χ1) is 15.7. The van der Waals surface area contributed by atoms with E-state index in [0.717, 1.165) is 16.8 Å². The highest BCUT2D eigenvalue weighted by atomic mass is 35.5. The van der Waals surface area contributed by atoms with Crippen molar-refractivity contribution in [3.8, 4) is 11.5 Å². The molecule has 0 aliphatic rings. The smallest absolute Gasteiger partial charge is 0.331 e. The molecule has 0 aliphatic carbocycles. The average molecular weight is 474 g/mol. The molecule has 0 heterocycles. The summed E-state index contributed by atoms with van der Waals surface area (Å²) >= 11 is 6.23. The van der Waals surface area contributed by atoms with Gasteiger partial charge in [0.1, 0.15) is 0 Å². The lowest BCUT2D eigenvalue weighted by Crippen LogP contribution is -2.22. The Hall–Kier alpha value is -2.99. The van der Waals surface area contributed by atoms with Gasteiger partial charge in [-0.1, -0.05) is 57.5 Å². The maximum Gasteiger partial charge on any atom is 0.331 e. The highest BCUT2D eigenvalue weighted by molar-refractivity contribution is 6.32.